The second kappa shape index (κ2) is 33.1. The third kappa shape index (κ3) is 35.1. The predicted octanol–water partition coefficient (Wildman–Crippen LogP) is 0.699. The zero-order valence-electron chi connectivity index (χ0n) is 23.0. The fourth-order valence-corrected chi connectivity index (χ4v) is 2.52. The minimum atomic E-state index is -0.0586. The van der Waals surface area contributed by atoms with E-state index in [0.717, 1.165) is 13.0 Å². The van der Waals surface area contributed by atoms with Crippen molar-refractivity contribution < 1.29 is 52.2 Å². The lowest BCUT2D eigenvalue weighted by atomic mass is 10.5. The summed E-state index contributed by atoms with van der Waals surface area (Å²) >= 11 is 0. The molecule has 1 N–H and O–H groups in total. The molecular formula is C25H51NO11. The Morgan fingerprint density at radius 2 is 0.622 bits per heavy atom. The van der Waals surface area contributed by atoms with Crippen LogP contribution in [0, 0.1) is 0 Å². The first-order chi connectivity index (χ1) is 18.3. The molecule has 37 heavy (non-hydrogen) atoms. The molecule has 0 saturated carbocycles. The molecule has 1 amide bonds. The second-order valence-electron chi connectivity index (χ2n) is 7.61. The van der Waals surface area contributed by atoms with Gasteiger partial charge in [-0.05, 0) is 6.42 Å². The Balaban J connectivity index is 3.02. The number of rotatable bonds is 32. The van der Waals surface area contributed by atoms with Crippen LogP contribution in [0.1, 0.15) is 20.3 Å². The molecule has 0 saturated heterocycles. The normalized spacial score (nSPS) is 11.3. The van der Waals surface area contributed by atoms with Crippen LogP contribution in [-0.4, -0.2) is 145 Å². The summed E-state index contributed by atoms with van der Waals surface area (Å²) in [5.74, 6) is -0.0586. The number of carbonyl (C=O) groups excluding carboxylic acids is 1. The summed E-state index contributed by atoms with van der Waals surface area (Å²) in [6.45, 7) is 14.8. The lowest BCUT2D eigenvalue weighted by Gasteiger charge is -2.09. The Hall–Kier alpha value is -0.930. The SMILES string of the molecule is CCCOCCOCCOCCOCCOCCOCCOCCOCCOCCOCCNC(C)=O. The molecular weight excluding hydrogens is 490 g/mol. The monoisotopic (exact) mass is 541 g/mol. The quantitative estimate of drug-likeness (QED) is 0.121. The highest BCUT2D eigenvalue weighted by Crippen LogP contribution is 1.87. The fourth-order valence-electron chi connectivity index (χ4n) is 2.52. The highest BCUT2D eigenvalue weighted by Gasteiger charge is 1.96. The summed E-state index contributed by atoms with van der Waals surface area (Å²) in [5, 5.41) is 2.66. The minimum absolute atomic E-state index is 0.0586. The van der Waals surface area contributed by atoms with E-state index in [1.807, 2.05) is 0 Å². The van der Waals surface area contributed by atoms with Crippen LogP contribution in [0.5, 0.6) is 0 Å². The van der Waals surface area contributed by atoms with Gasteiger partial charge in [0.25, 0.3) is 0 Å². The van der Waals surface area contributed by atoms with Crippen LogP contribution in [-0.2, 0) is 52.2 Å². The Morgan fingerprint density at radius 1 is 0.405 bits per heavy atom. The molecule has 0 radical (unpaired) electrons. The largest absolute Gasteiger partial charge is 0.379 e. The molecule has 12 heteroatoms. The van der Waals surface area contributed by atoms with Crippen molar-refractivity contribution in [1.29, 1.82) is 0 Å². The summed E-state index contributed by atoms with van der Waals surface area (Å²) < 4.78 is 54.0. The van der Waals surface area contributed by atoms with Gasteiger partial charge in [0, 0.05) is 20.1 Å². The lowest BCUT2D eigenvalue weighted by molar-refractivity contribution is -0.119. The van der Waals surface area contributed by atoms with Gasteiger partial charge in [-0.2, -0.15) is 0 Å². The highest BCUT2D eigenvalue weighted by atomic mass is 16.6. The maximum Gasteiger partial charge on any atom is 0.216 e. The lowest BCUT2D eigenvalue weighted by Crippen LogP contribution is -2.25. The van der Waals surface area contributed by atoms with Gasteiger partial charge in [0.2, 0.25) is 5.91 Å². The number of amides is 1. The number of nitrogens with one attached hydrogen (secondary N) is 1. The molecule has 0 spiro atoms. The van der Waals surface area contributed by atoms with E-state index in [0.29, 0.717) is 132 Å². The molecule has 0 heterocycles. The maximum absolute atomic E-state index is 10.7. The molecule has 0 unspecified atom stereocenters. The van der Waals surface area contributed by atoms with E-state index in [1.54, 1.807) is 0 Å². The van der Waals surface area contributed by atoms with Crippen LogP contribution >= 0.6 is 0 Å². The topological polar surface area (TPSA) is 121 Å². The zero-order chi connectivity index (χ0) is 26.9. The highest BCUT2D eigenvalue weighted by molar-refractivity contribution is 5.72. The van der Waals surface area contributed by atoms with Crippen molar-refractivity contribution in [3.05, 3.63) is 0 Å². The zero-order valence-corrected chi connectivity index (χ0v) is 23.0. The van der Waals surface area contributed by atoms with Crippen LogP contribution in [0.4, 0.5) is 0 Å². The first-order valence-electron chi connectivity index (χ1n) is 13.3. The van der Waals surface area contributed by atoms with Gasteiger partial charge in [0.1, 0.15) is 0 Å². The van der Waals surface area contributed by atoms with Crippen molar-refractivity contribution in [3.63, 3.8) is 0 Å². The van der Waals surface area contributed by atoms with Crippen molar-refractivity contribution in [2.45, 2.75) is 20.3 Å². The average molecular weight is 542 g/mol. The molecule has 0 atom stereocenters. The Labute approximate surface area is 222 Å². The van der Waals surface area contributed by atoms with E-state index in [9.17, 15) is 4.79 Å². The predicted molar refractivity (Wildman–Crippen MR) is 137 cm³/mol. The molecule has 0 aliphatic rings. The van der Waals surface area contributed by atoms with Crippen molar-refractivity contribution in [3.8, 4) is 0 Å². The number of ether oxygens (including phenoxy) is 10. The maximum atomic E-state index is 10.7. The first-order valence-corrected chi connectivity index (χ1v) is 13.3. The number of hydrogen-bond acceptors (Lipinski definition) is 11. The van der Waals surface area contributed by atoms with Gasteiger partial charge in [-0.1, -0.05) is 6.92 Å². The van der Waals surface area contributed by atoms with Crippen LogP contribution < -0.4 is 5.32 Å². The fraction of sp³-hybridized carbons (Fsp3) is 0.960. The van der Waals surface area contributed by atoms with E-state index in [2.05, 4.69) is 12.2 Å². The van der Waals surface area contributed by atoms with Gasteiger partial charge >= 0.3 is 0 Å². The van der Waals surface area contributed by atoms with E-state index in [-0.39, 0.29) is 5.91 Å². The Bertz CT molecular complexity index is 447. The molecule has 222 valence electrons. The molecule has 0 bridgehead atoms. The van der Waals surface area contributed by atoms with Crippen molar-refractivity contribution in [1.82, 2.24) is 5.32 Å². The molecule has 0 aromatic carbocycles. The van der Waals surface area contributed by atoms with Crippen LogP contribution in [0.15, 0.2) is 0 Å². The van der Waals surface area contributed by atoms with Crippen molar-refractivity contribution >= 4 is 5.91 Å². The molecule has 0 aliphatic heterocycles. The van der Waals surface area contributed by atoms with Crippen LogP contribution in [0.25, 0.3) is 0 Å². The molecule has 0 aromatic heterocycles. The van der Waals surface area contributed by atoms with Crippen LogP contribution in [0.2, 0.25) is 0 Å². The molecule has 0 rings (SSSR count). The van der Waals surface area contributed by atoms with Crippen molar-refractivity contribution in [2.24, 2.45) is 0 Å². The molecule has 12 nitrogen and oxygen atoms in total. The van der Waals surface area contributed by atoms with Gasteiger partial charge in [0.05, 0.1) is 126 Å². The molecule has 0 fully saturated rings. The second-order valence-corrected chi connectivity index (χ2v) is 7.61. The molecule has 0 aromatic rings. The number of hydrogen-bond donors (Lipinski definition) is 1. The smallest absolute Gasteiger partial charge is 0.216 e. The summed E-state index contributed by atoms with van der Waals surface area (Å²) in [5.41, 5.74) is 0. The summed E-state index contributed by atoms with van der Waals surface area (Å²) in [6, 6.07) is 0. The first kappa shape index (κ1) is 36.1. The van der Waals surface area contributed by atoms with Crippen LogP contribution in [0.3, 0.4) is 0 Å². The van der Waals surface area contributed by atoms with Crippen molar-refractivity contribution in [2.75, 3.05) is 139 Å². The summed E-state index contributed by atoms with van der Waals surface area (Å²) in [7, 11) is 0. The average Bonchev–Trinajstić information content (AvgIpc) is 2.89. The standard InChI is InChI=1S/C25H51NO11/c1-3-5-28-7-9-30-11-13-32-15-17-34-19-21-36-23-24-37-22-20-35-18-16-33-14-12-31-10-8-29-6-4-26-25(2)27/h3-24H2,1-2H3,(H,26,27). The molecule has 0 aliphatic carbocycles. The van der Waals surface area contributed by atoms with E-state index in [4.69, 9.17) is 47.4 Å². The summed E-state index contributed by atoms with van der Waals surface area (Å²) in [6.07, 6.45) is 1.02. The third-order valence-corrected chi connectivity index (χ3v) is 4.32. The van der Waals surface area contributed by atoms with Gasteiger partial charge < -0.3 is 52.7 Å². The van der Waals surface area contributed by atoms with Gasteiger partial charge in [-0.15, -0.1) is 0 Å². The van der Waals surface area contributed by atoms with E-state index in [1.165, 1.54) is 6.92 Å². The van der Waals surface area contributed by atoms with E-state index < -0.39 is 0 Å². The van der Waals surface area contributed by atoms with Gasteiger partial charge in [0.15, 0.2) is 0 Å². The van der Waals surface area contributed by atoms with E-state index >= 15 is 0 Å². The Morgan fingerprint density at radius 3 is 0.838 bits per heavy atom. The number of carbonyl (C=O) groups is 1. The third-order valence-electron chi connectivity index (χ3n) is 4.32. The Kier molecular flexibility index (Phi) is 32.3. The minimum Gasteiger partial charge on any atom is -0.379 e. The van der Waals surface area contributed by atoms with Gasteiger partial charge in [-0.3, -0.25) is 4.79 Å². The van der Waals surface area contributed by atoms with Gasteiger partial charge in [-0.25, -0.2) is 0 Å². The summed E-state index contributed by atoms with van der Waals surface area (Å²) in [4.78, 5) is 10.7.